The van der Waals surface area contributed by atoms with Crippen molar-refractivity contribution in [3.63, 3.8) is 0 Å². The summed E-state index contributed by atoms with van der Waals surface area (Å²) in [5.41, 5.74) is 6.69. The maximum absolute atomic E-state index is 6.47. The van der Waals surface area contributed by atoms with Crippen molar-refractivity contribution >= 4 is 66.3 Å². The van der Waals surface area contributed by atoms with Crippen molar-refractivity contribution < 1.29 is 4.42 Å². The minimum Gasteiger partial charge on any atom is -0.414 e. The molecule has 0 atom stereocenters. The van der Waals surface area contributed by atoms with Gasteiger partial charge in [0.25, 0.3) is 11.8 Å². The molecule has 0 aliphatic rings. The molecule has 5 nitrogen and oxygen atoms in total. The molecule has 9 aromatic rings. The highest BCUT2D eigenvalue weighted by Crippen LogP contribution is 2.41. The molecule has 7 heteroatoms. The molecule has 0 aliphatic heterocycles. The molecule has 41 heavy (non-hydrogen) atoms. The first kappa shape index (κ1) is 22.8. The van der Waals surface area contributed by atoms with Gasteiger partial charge in [-0.15, -0.1) is 32.9 Å². The fraction of sp³-hybridized carbons (Fsp3) is 0. The molecule has 0 unspecified atom stereocenters. The summed E-state index contributed by atoms with van der Waals surface area (Å²) in [5.74, 6) is 1.04. The molecule has 194 valence electrons. The molecule has 0 aliphatic carbocycles. The van der Waals surface area contributed by atoms with E-state index in [2.05, 4.69) is 139 Å². The molecular weight excluding hydrogens is 545 g/mol. The molecule has 0 fully saturated rings. The zero-order chi connectivity index (χ0) is 26.9. The third-order valence-electron chi connectivity index (χ3n) is 7.74. The van der Waals surface area contributed by atoms with Gasteiger partial charge in [-0.05, 0) is 47.2 Å². The second-order valence-electron chi connectivity index (χ2n) is 9.92. The van der Waals surface area contributed by atoms with Crippen LogP contribution in [-0.2, 0) is 0 Å². The van der Waals surface area contributed by atoms with E-state index in [-0.39, 0.29) is 0 Å². The summed E-state index contributed by atoms with van der Waals surface area (Å²) >= 11 is 3.23. The fourth-order valence-corrected chi connectivity index (χ4v) is 7.64. The molecule has 0 radical (unpaired) electrons. The van der Waals surface area contributed by atoms with Crippen LogP contribution in [0.15, 0.2) is 124 Å². The molecular formula is C34H20N4OS2. The van der Waals surface area contributed by atoms with Gasteiger partial charge in [0.15, 0.2) is 0 Å². The Kier molecular flexibility index (Phi) is 4.87. The standard InChI is InChI=1S/C34H20N4OS2/c1-5-13-25-21(9-1)22-10-2-6-14-26(22)37(25)29-17-19-40-31(29)33-35-36-34(39-33)32-30(18-20-41-32)38-27-15-7-3-11-23(27)24-12-4-8-16-28(24)38/h1-20H. The summed E-state index contributed by atoms with van der Waals surface area (Å²) in [5, 5.41) is 18.2. The van der Waals surface area contributed by atoms with Crippen molar-refractivity contribution in [3.8, 4) is 32.9 Å². The second-order valence-corrected chi connectivity index (χ2v) is 11.8. The fourth-order valence-electron chi connectivity index (χ4n) is 6.05. The van der Waals surface area contributed by atoms with E-state index < -0.39 is 0 Å². The average Bonchev–Trinajstić information content (AvgIpc) is 3.84. The van der Waals surface area contributed by atoms with Crippen molar-refractivity contribution in [2.24, 2.45) is 0 Å². The zero-order valence-corrected chi connectivity index (χ0v) is 23.2. The Hall–Kier alpha value is -4.98. The highest BCUT2D eigenvalue weighted by Gasteiger charge is 2.23. The van der Waals surface area contributed by atoms with Gasteiger partial charge >= 0.3 is 0 Å². The van der Waals surface area contributed by atoms with Crippen molar-refractivity contribution in [1.29, 1.82) is 0 Å². The highest BCUT2D eigenvalue weighted by molar-refractivity contribution is 7.14. The third kappa shape index (κ3) is 3.27. The second kappa shape index (κ2) is 8.76. The van der Waals surface area contributed by atoms with E-state index in [0.717, 1.165) is 43.2 Å². The van der Waals surface area contributed by atoms with Crippen LogP contribution in [0.1, 0.15) is 0 Å². The van der Waals surface area contributed by atoms with Gasteiger partial charge in [-0.2, -0.15) is 0 Å². The van der Waals surface area contributed by atoms with Crippen LogP contribution in [0.25, 0.3) is 76.5 Å². The number of benzene rings is 4. The van der Waals surface area contributed by atoms with Gasteiger partial charge in [0.1, 0.15) is 9.75 Å². The lowest BCUT2D eigenvalue weighted by Crippen LogP contribution is -1.94. The number of para-hydroxylation sites is 4. The van der Waals surface area contributed by atoms with Crippen molar-refractivity contribution in [2.75, 3.05) is 0 Å². The molecule has 5 aromatic heterocycles. The minimum absolute atomic E-state index is 0.522. The maximum Gasteiger partial charge on any atom is 0.260 e. The number of hydrogen-bond donors (Lipinski definition) is 0. The Bertz CT molecular complexity index is 2130. The van der Waals surface area contributed by atoms with Gasteiger partial charge in [0, 0.05) is 21.5 Å². The quantitative estimate of drug-likeness (QED) is 0.214. The number of thiophene rings is 2. The molecule has 0 bridgehead atoms. The van der Waals surface area contributed by atoms with Crippen LogP contribution >= 0.6 is 22.7 Å². The molecule has 0 N–H and O–H groups in total. The van der Waals surface area contributed by atoms with E-state index in [1.54, 1.807) is 22.7 Å². The van der Waals surface area contributed by atoms with E-state index in [0.29, 0.717) is 11.8 Å². The molecule has 4 aromatic carbocycles. The summed E-state index contributed by atoms with van der Waals surface area (Å²) in [6, 6.07) is 38.4. The summed E-state index contributed by atoms with van der Waals surface area (Å²) in [7, 11) is 0. The number of hydrogen-bond acceptors (Lipinski definition) is 5. The lowest BCUT2D eigenvalue weighted by atomic mass is 10.2. The van der Waals surface area contributed by atoms with Gasteiger partial charge in [-0.25, -0.2) is 0 Å². The van der Waals surface area contributed by atoms with Crippen molar-refractivity contribution in [1.82, 2.24) is 19.3 Å². The predicted molar refractivity (Wildman–Crippen MR) is 170 cm³/mol. The van der Waals surface area contributed by atoms with Gasteiger partial charge in [0.2, 0.25) is 0 Å². The Morgan fingerprint density at radius 1 is 0.439 bits per heavy atom. The van der Waals surface area contributed by atoms with Crippen molar-refractivity contribution in [3.05, 3.63) is 120 Å². The lowest BCUT2D eigenvalue weighted by Gasteiger charge is -2.08. The molecule has 0 saturated heterocycles. The smallest absolute Gasteiger partial charge is 0.260 e. The van der Waals surface area contributed by atoms with Gasteiger partial charge in [-0.3, -0.25) is 0 Å². The summed E-state index contributed by atoms with van der Waals surface area (Å²) in [6.07, 6.45) is 0. The summed E-state index contributed by atoms with van der Waals surface area (Å²) in [6.45, 7) is 0. The zero-order valence-electron chi connectivity index (χ0n) is 21.6. The van der Waals surface area contributed by atoms with Crippen LogP contribution in [0.5, 0.6) is 0 Å². The van der Waals surface area contributed by atoms with Crippen LogP contribution in [0, 0.1) is 0 Å². The molecule has 5 heterocycles. The Morgan fingerprint density at radius 3 is 1.15 bits per heavy atom. The van der Waals surface area contributed by atoms with Crippen LogP contribution in [0.3, 0.4) is 0 Å². The molecule has 0 saturated carbocycles. The predicted octanol–water partition coefficient (Wildman–Crippen LogP) is 9.72. The Morgan fingerprint density at radius 2 is 0.780 bits per heavy atom. The summed E-state index contributed by atoms with van der Waals surface area (Å²) in [4.78, 5) is 1.90. The number of fused-ring (bicyclic) bond motifs is 6. The Labute approximate surface area is 242 Å². The monoisotopic (exact) mass is 564 g/mol. The molecule has 9 rings (SSSR count). The molecule has 0 spiro atoms. The first-order valence-corrected chi connectivity index (χ1v) is 15.1. The third-order valence-corrected chi connectivity index (χ3v) is 9.53. The number of nitrogens with zero attached hydrogens (tertiary/aromatic N) is 4. The normalized spacial score (nSPS) is 11.9. The van der Waals surface area contributed by atoms with E-state index >= 15 is 0 Å². The number of aromatic nitrogens is 4. The average molecular weight is 565 g/mol. The topological polar surface area (TPSA) is 48.8 Å². The maximum atomic E-state index is 6.47. The van der Waals surface area contributed by atoms with Crippen molar-refractivity contribution in [2.45, 2.75) is 0 Å². The van der Waals surface area contributed by atoms with Gasteiger partial charge < -0.3 is 13.6 Å². The first-order valence-electron chi connectivity index (χ1n) is 13.3. The van der Waals surface area contributed by atoms with Crippen LogP contribution < -0.4 is 0 Å². The van der Waals surface area contributed by atoms with Crippen LogP contribution in [0.4, 0.5) is 0 Å². The lowest BCUT2D eigenvalue weighted by molar-refractivity contribution is 0.587. The first-order chi connectivity index (χ1) is 20.4. The van der Waals surface area contributed by atoms with E-state index in [4.69, 9.17) is 4.42 Å². The van der Waals surface area contributed by atoms with E-state index in [1.807, 2.05) is 0 Å². The largest absolute Gasteiger partial charge is 0.414 e. The highest BCUT2D eigenvalue weighted by atomic mass is 32.1. The SMILES string of the molecule is c1ccc2c(c1)c1ccccc1n2-c1ccsc1-c1nnc(-c2sccc2-n2c3ccccc3c3ccccc32)o1. The van der Waals surface area contributed by atoms with E-state index in [1.165, 1.54) is 21.5 Å². The minimum atomic E-state index is 0.522. The number of rotatable bonds is 4. The molecule has 0 amide bonds. The van der Waals surface area contributed by atoms with Crippen LogP contribution in [0.2, 0.25) is 0 Å². The van der Waals surface area contributed by atoms with Gasteiger partial charge in [0.05, 0.1) is 33.4 Å². The van der Waals surface area contributed by atoms with Gasteiger partial charge in [-0.1, -0.05) is 72.8 Å². The van der Waals surface area contributed by atoms with E-state index in [9.17, 15) is 0 Å². The van der Waals surface area contributed by atoms with Crippen LogP contribution in [-0.4, -0.2) is 19.3 Å². The summed E-state index contributed by atoms with van der Waals surface area (Å²) < 4.78 is 11.1. The Balaban J connectivity index is 1.20.